The molecule has 9 heavy (non-hydrogen) atoms. The van der Waals surface area contributed by atoms with Crippen molar-refractivity contribution in [3.05, 3.63) is 12.2 Å². The highest BCUT2D eigenvalue weighted by Crippen LogP contribution is 2.25. The van der Waals surface area contributed by atoms with Crippen LogP contribution >= 0.6 is 0 Å². The molecule has 3 heteroatoms. The van der Waals surface area contributed by atoms with E-state index in [1.54, 1.807) is 0 Å². The van der Waals surface area contributed by atoms with Gasteiger partial charge in [0.05, 0.1) is 0 Å². The monoisotopic (exact) mass is 140 g/mol. The van der Waals surface area contributed by atoms with Crippen LogP contribution in [0.2, 0.25) is 0 Å². The Kier molecular flexibility index (Phi) is 4.46. The van der Waals surface area contributed by atoms with Crippen LogP contribution in [-0.4, -0.2) is 6.18 Å². The van der Waals surface area contributed by atoms with E-state index in [0.717, 1.165) is 0 Å². The lowest BCUT2D eigenvalue weighted by Gasteiger charge is -2.05. The maximum absolute atomic E-state index is 11.3. The van der Waals surface area contributed by atoms with Gasteiger partial charge in [-0.05, 0) is 6.42 Å². The summed E-state index contributed by atoms with van der Waals surface area (Å²) < 4.78 is 34.0. The van der Waals surface area contributed by atoms with Crippen molar-refractivity contribution in [1.82, 2.24) is 0 Å². The lowest BCUT2D eigenvalue weighted by Crippen LogP contribution is -2.09. The molecule has 0 atom stereocenters. The van der Waals surface area contributed by atoms with Crippen molar-refractivity contribution in [2.75, 3.05) is 0 Å². The Hall–Kier alpha value is -0.470. The summed E-state index contributed by atoms with van der Waals surface area (Å²) in [5.74, 6) is 0. The first-order chi connectivity index (χ1) is 3.48. The lowest BCUT2D eigenvalue weighted by atomic mass is 10.2. The van der Waals surface area contributed by atoms with Crippen LogP contribution in [0.25, 0.3) is 0 Å². The van der Waals surface area contributed by atoms with Crippen LogP contribution in [-0.2, 0) is 0 Å². The third kappa shape index (κ3) is 4.06. The summed E-state index contributed by atoms with van der Waals surface area (Å²) in [5, 5.41) is 0. The van der Waals surface area contributed by atoms with Gasteiger partial charge in [0, 0.05) is 5.57 Å². The second-order valence-electron chi connectivity index (χ2n) is 1.45. The predicted octanol–water partition coefficient (Wildman–Crippen LogP) is 3.15. The normalized spacial score (nSPS) is 10.2. The van der Waals surface area contributed by atoms with Crippen molar-refractivity contribution in [2.24, 2.45) is 0 Å². The number of alkyl halides is 3. The minimum absolute atomic E-state index is 0. The summed E-state index contributed by atoms with van der Waals surface area (Å²) in [6.45, 7) is 4.25. The second kappa shape index (κ2) is 3.54. The molecule has 0 aromatic heterocycles. The average Bonchev–Trinajstić information content (AvgIpc) is 1.62. The zero-order valence-electron chi connectivity index (χ0n) is 4.55. The first-order valence-corrected chi connectivity index (χ1v) is 2.23. The van der Waals surface area contributed by atoms with Gasteiger partial charge in [-0.2, -0.15) is 13.2 Å². The molecule has 0 heterocycles. The molecule has 0 aliphatic carbocycles. The number of hydrogen-bond donors (Lipinski definition) is 0. The molecular weight excluding hydrogens is 129 g/mol. The summed E-state index contributed by atoms with van der Waals surface area (Å²) in [6, 6.07) is 0. The zero-order valence-corrected chi connectivity index (χ0v) is 4.55. The number of halogens is 3. The molecule has 0 radical (unpaired) electrons. The fourth-order valence-corrected chi connectivity index (χ4v) is 0.200. The maximum atomic E-state index is 11.3. The Morgan fingerprint density at radius 2 is 1.78 bits per heavy atom. The topological polar surface area (TPSA) is 0 Å². The van der Waals surface area contributed by atoms with E-state index in [1.165, 1.54) is 6.92 Å². The van der Waals surface area contributed by atoms with Crippen molar-refractivity contribution in [3.63, 3.8) is 0 Å². The molecule has 0 aliphatic heterocycles. The molecular formula is C6H11F3. The molecule has 0 spiro atoms. The Bertz CT molecular complexity index is 91.0. The number of rotatable bonds is 1. The highest BCUT2D eigenvalue weighted by molar-refractivity contribution is 5.00. The van der Waals surface area contributed by atoms with E-state index >= 15 is 0 Å². The van der Waals surface area contributed by atoms with Gasteiger partial charge in [-0.1, -0.05) is 20.9 Å². The maximum Gasteiger partial charge on any atom is 0.412 e. The number of hydrogen-bond acceptors (Lipinski definition) is 0. The van der Waals surface area contributed by atoms with E-state index in [0.29, 0.717) is 0 Å². The third-order valence-electron chi connectivity index (χ3n) is 0.828. The standard InChI is InChI=1S/C5H7F3.CH4/c1-3-4(2)5(6,7)8;/h2-3H2,1H3;1H4. The van der Waals surface area contributed by atoms with Crippen molar-refractivity contribution in [3.8, 4) is 0 Å². The Balaban J connectivity index is 0. The van der Waals surface area contributed by atoms with Gasteiger partial charge in [0.1, 0.15) is 0 Å². The van der Waals surface area contributed by atoms with Crippen molar-refractivity contribution in [2.45, 2.75) is 26.9 Å². The Morgan fingerprint density at radius 3 is 1.78 bits per heavy atom. The highest BCUT2D eigenvalue weighted by atomic mass is 19.4. The van der Waals surface area contributed by atoms with Gasteiger partial charge in [0.25, 0.3) is 0 Å². The molecule has 0 bridgehead atoms. The van der Waals surface area contributed by atoms with Gasteiger partial charge in [0.15, 0.2) is 0 Å². The van der Waals surface area contributed by atoms with Gasteiger partial charge >= 0.3 is 6.18 Å². The van der Waals surface area contributed by atoms with Crippen molar-refractivity contribution >= 4 is 0 Å². The molecule has 0 aromatic rings. The smallest absolute Gasteiger partial charge is 0.167 e. The van der Waals surface area contributed by atoms with Crippen molar-refractivity contribution in [1.29, 1.82) is 0 Å². The van der Waals surface area contributed by atoms with Gasteiger partial charge in [-0.15, -0.1) is 0 Å². The third-order valence-corrected chi connectivity index (χ3v) is 0.828. The van der Waals surface area contributed by atoms with Crippen LogP contribution in [0.4, 0.5) is 13.2 Å². The van der Waals surface area contributed by atoms with E-state index in [4.69, 9.17) is 0 Å². The van der Waals surface area contributed by atoms with Gasteiger partial charge < -0.3 is 0 Å². The zero-order chi connectivity index (χ0) is 6.78. The van der Waals surface area contributed by atoms with E-state index < -0.39 is 11.7 Å². The fourth-order valence-electron chi connectivity index (χ4n) is 0.200. The average molecular weight is 140 g/mol. The van der Waals surface area contributed by atoms with E-state index in [2.05, 4.69) is 6.58 Å². The predicted molar refractivity (Wildman–Crippen MR) is 32.2 cm³/mol. The minimum atomic E-state index is -4.19. The SMILES string of the molecule is C.C=C(CC)C(F)(F)F. The van der Waals surface area contributed by atoms with E-state index in [-0.39, 0.29) is 13.8 Å². The van der Waals surface area contributed by atoms with Gasteiger partial charge in [0.2, 0.25) is 0 Å². The molecule has 0 saturated heterocycles. The largest absolute Gasteiger partial charge is 0.412 e. The van der Waals surface area contributed by atoms with E-state index in [1.807, 2.05) is 0 Å². The highest BCUT2D eigenvalue weighted by Gasteiger charge is 2.29. The second-order valence-corrected chi connectivity index (χ2v) is 1.45. The molecule has 0 N–H and O–H groups in total. The lowest BCUT2D eigenvalue weighted by molar-refractivity contribution is -0.0931. The Labute approximate surface area is 53.4 Å². The summed E-state index contributed by atoms with van der Waals surface area (Å²) in [7, 11) is 0. The Morgan fingerprint density at radius 1 is 1.44 bits per heavy atom. The summed E-state index contributed by atoms with van der Waals surface area (Å²) in [4.78, 5) is 0. The summed E-state index contributed by atoms with van der Waals surface area (Å²) in [5.41, 5.74) is -0.669. The van der Waals surface area contributed by atoms with Crippen molar-refractivity contribution < 1.29 is 13.2 Å². The van der Waals surface area contributed by atoms with Gasteiger partial charge in [-0.3, -0.25) is 0 Å². The molecule has 0 rings (SSSR count). The molecule has 0 fully saturated rings. The molecule has 0 aromatic carbocycles. The van der Waals surface area contributed by atoms with Crippen LogP contribution in [0.15, 0.2) is 12.2 Å². The molecule has 0 saturated carbocycles. The minimum Gasteiger partial charge on any atom is -0.167 e. The van der Waals surface area contributed by atoms with Crippen LogP contribution in [0.3, 0.4) is 0 Å². The molecule has 0 amide bonds. The molecule has 56 valence electrons. The first kappa shape index (κ1) is 11.3. The van der Waals surface area contributed by atoms with Crippen LogP contribution in [0.1, 0.15) is 20.8 Å². The molecule has 0 aliphatic rings. The first-order valence-electron chi connectivity index (χ1n) is 2.23. The number of allylic oxidation sites excluding steroid dienone is 1. The summed E-state index contributed by atoms with van der Waals surface area (Å²) in [6.07, 6.45) is -4.21. The van der Waals surface area contributed by atoms with Crippen LogP contribution in [0.5, 0.6) is 0 Å². The van der Waals surface area contributed by atoms with Crippen LogP contribution < -0.4 is 0 Å². The molecule has 0 unspecified atom stereocenters. The van der Waals surface area contributed by atoms with Gasteiger partial charge in [-0.25, -0.2) is 0 Å². The summed E-state index contributed by atoms with van der Waals surface area (Å²) >= 11 is 0. The quantitative estimate of drug-likeness (QED) is 0.491. The van der Waals surface area contributed by atoms with Crippen LogP contribution in [0, 0.1) is 0 Å². The van der Waals surface area contributed by atoms with E-state index in [9.17, 15) is 13.2 Å². The molecule has 0 nitrogen and oxygen atoms in total. The fraction of sp³-hybridized carbons (Fsp3) is 0.667.